The third-order valence-corrected chi connectivity index (χ3v) is 4.02. The van der Waals surface area contributed by atoms with Gasteiger partial charge in [0, 0.05) is 24.1 Å². The molecule has 2 aromatic rings. The van der Waals surface area contributed by atoms with Gasteiger partial charge in [-0.1, -0.05) is 12.1 Å². The first kappa shape index (κ1) is 18.2. The van der Waals surface area contributed by atoms with E-state index in [-0.39, 0.29) is 18.4 Å². The summed E-state index contributed by atoms with van der Waals surface area (Å²) in [6, 6.07) is 4.06. The summed E-state index contributed by atoms with van der Waals surface area (Å²) in [4.78, 5) is 12.1. The maximum absolute atomic E-state index is 12.1. The predicted octanol–water partition coefficient (Wildman–Crippen LogP) is 2.12. The second-order valence-electron chi connectivity index (χ2n) is 5.82. The fourth-order valence-electron chi connectivity index (χ4n) is 2.42. The Hall–Kier alpha value is -2.12. The van der Waals surface area contributed by atoms with Crippen molar-refractivity contribution in [1.29, 1.82) is 0 Å². The molecule has 0 aliphatic heterocycles. The van der Waals surface area contributed by atoms with Crippen molar-refractivity contribution in [3.63, 3.8) is 0 Å². The maximum Gasteiger partial charge on any atom is 0.242 e. The minimum absolute atomic E-state index is 0.0518. The van der Waals surface area contributed by atoms with Gasteiger partial charge in [-0.25, -0.2) is 0 Å². The van der Waals surface area contributed by atoms with Crippen LogP contribution in [0.3, 0.4) is 0 Å². The zero-order chi connectivity index (χ0) is 17.7. The van der Waals surface area contributed by atoms with E-state index in [9.17, 15) is 4.79 Å². The third kappa shape index (κ3) is 4.46. The Kier molecular flexibility index (Phi) is 6.16. The van der Waals surface area contributed by atoms with E-state index >= 15 is 0 Å². The van der Waals surface area contributed by atoms with Crippen LogP contribution in [0, 0.1) is 13.8 Å². The van der Waals surface area contributed by atoms with Crippen molar-refractivity contribution >= 4 is 34.2 Å². The van der Waals surface area contributed by atoms with Gasteiger partial charge in [0.1, 0.15) is 5.58 Å². The summed E-state index contributed by atoms with van der Waals surface area (Å²) in [5.41, 5.74) is 9.20. The molecule has 3 N–H and O–H groups in total. The molecule has 0 fully saturated rings. The number of rotatable bonds is 5. The Labute approximate surface area is 146 Å². The van der Waals surface area contributed by atoms with Crippen LogP contribution < -0.4 is 16.2 Å². The first-order valence-electron chi connectivity index (χ1n) is 7.73. The normalized spacial score (nSPS) is 12.0. The molecule has 130 valence electrons. The maximum atomic E-state index is 12.1. The Bertz CT molecular complexity index is 742. The second-order valence-corrected chi connectivity index (χ2v) is 6.23. The second kappa shape index (κ2) is 8.12. The number of carbonyl (C=O) groups is 1. The number of hydrogen-bond acceptors (Lipinski definition) is 4. The van der Waals surface area contributed by atoms with Crippen molar-refractivity contribution in [2.24, 2.45) is 0 Å². The average molecular weight is 349 g/mol. The molecule has 1 aromatic carbocycles. The highest BCUT2D eigenvalue weighted by Gasteiger charge is 2.13. The molecule has 0 aliphatic rings. The number of carbonyl (C=O) groups excluding carboxylic acids is 1. The van der Waals surface area contributed by atoms with Crippen LogP contribution in [-0.4, -0.2) is 30.8 Å². The zero-order valence-corrected chi connectivity index (χ0v) is 15.2. The molecule has 24 heavy (non-hydrogen) atoms. The molecule has 0 unspecified atom stereocenters. The molecule has 2 rings (SSSR count). The van der Waals surface area contributed by atoms with Gasteiger partial charge in [0.2, 0.25) is 5.91 Å². The Morgan fingerprint density at radius 2 is 2.08 bits per heavy atom. The number of amides is 1. The molecule has 7 heteroatoms. The summed E-state index contributed by atoms with van der Waals surface area (Å²) in [6.07, 6.45) is 1.84. The smallest absolute Gasteiger partial charge is 0.242 e. The van der Waals surface area contributed by atoms with Crippen LogP contribution in [0.15, 0.2) is 22.8 Å². The fraction of sp³-hybridized carbons (Fsp3) is 0.412. The summed E-state index contributed by atoms with van der Waals surface area (Å²) in [7, 11) is 1.62. The van der Waals surface area contributed by atoms with Crippen molar-refractivity contribution in [2.75, 3.05) is 13.7 Å². The van der Waals surface area contributed by atoms with Gasteiger partial charge in [-0.2, -0.15) is 0 Å². The SMILES string of the molecule is COC[C@@H](C)NC(=S)NNC(=O)Cc1coc2c(C)c(C)ccc12. The van der Waals surface area contributed by atoms with Gasteiger partial charge in [-0.05, 0) is 44.1 Å². The van der Waals surface area contributed by atoms with E-state index in [0.717, 1.165) is 27.7 Å². The molecule has 6 nitrogen and oxygen atoms in total. The number of aryl methyl sites for hydroxylation is 2. The topological polar surface area (TPSA) is 75.5 Å². The highest BCUT2D eigenvalue weighted by Crippen LogP contribution is 2.26. The van der Waals surface area contributed by atoms with E-state index in [0.29, 0.717) is 11.7 Å². The number of hydrogen-bond donors (Lipinski definition) is 3. The van der Waals surface area contributed by atoms with E-state index < -0.39 is 0 Å². The Morgan fingerprint density at radius 1 is 1.33 bits per heavy atom. The Balaban J connectivity index is 1.91. The van der Waals surface area contributed by atoms with Gasteiger partial charge in [-0.3, -0.25) is 15.6 Å². The lowest BCUT2D eigenvalue weighted by atomic mass is 10.0. The molecule has 1 heterocycles. The number of hydrazine groups is 1. The summed E-state index contributed by atoms with van der Waals surface area (Å²) in [5, 5.41) is 4.31. The lowest BCUT2D eigenvalue weighted by Gasteiger charge is -2.16. The van der Waals surface area contributed by atoms with Gasteiger partial charge in [0.25, 0.3) is 0 Å². The van der Waals surface area contributed by atoms with Crippen molar-refractivity contribution in [3.05, 3.63) is 35.1 Å². The highest BCUT2D eigenvalue weighted by molar-refractivity contribution is 7.80. The summed E-state index contributed by atoms with van der Waals surface area (Å²) in [5.74, 6) is -0.195. The lowest BCUT2D eigenvalue weighted by molar-refractivity contribution is -0.121. The molecule has 1 atom stereocenters. The van der Waals surface area contributed by atoms with E-state index in [1.807, 2.05) is 32.9 Å². The van der Waals surface area contributed by atoms with Crippen LogP contribution in [0.2, 0.25) is 0 Å². The predicted molar refractivity (Wildman–Crippen MR) is 97.7 cm³/mol. The van der Waals surface area contributed by atoms with Gasteiger partial charge >= 0.3 is 0 Å². The number of thiocarbonyl (C=S) groups is 1. The molecule has 0 spiro atoms. The number of ether oxygens (including phenoxy) is 1. The molecule has 1 aromatic heterocycles. The van der Waals surface area contributed by atoms with E-state index in [4.69, 9.17) is 21.4 Å². The minimum Gasteiger partial charge on any atom is -0.464 e. The van der Waals surface area contributed by atoms with Crippen LogP contribution >= 0.6 is 12.2 Å². The quantitative estimate of drug-likeness (QED) is 0.567. The number of nitrogens with one attached hydrogen (secondary N) is 3. The number of furan rings is 1. The molecule has 0 saturated carbocycles. The van der Waals surface area contributed by atoms with Gasteiger partial charge in [-0.15, -0.1) is 0 Å². The Morgan fingerprint density at radius 3 is 2.79 bits per heavy atom. The molecule has 0 bridgehead atoms. The van der Waals surface area contributed by atoms with Crippen LogP contribution in [0.5, 0.6) is 0 Å². The minimum atomic E-state index is -0.195. The summed E-state index contributed by atoms with van der Waals surface area (Å²) in [6.45, 7) is 6.50. The van der Waals surface area contributed by atoms with Crippen molar-refractivity contribution in [3.8, 4) is 0 Å². The number of benzene rings is 1. The zero-order valence-electron chi connectivity index (χ0n) is 14.4. The molecule has 0 radical (unpaired) electrons. The summed E-state index contributed by atoms with van der Waals surface area (Å²) < 4.78 is 10.6. The highest BCUT2D eigenvalue weighted by atomic mass is 32.1. The van der Waals surface area contributed by atoms with E-state index in [1.54, 1.807) is 13.4 Å². The summed E-state index contributed by atoms with van der Waals surface area (Å²) >= 11 is 5.11. The lowest BCUT2D eigenvalue weighted by Crippen LogP contribution is -2.50. The van der Waals surface area contributed by atoms with E-state index in [2.05, 4.69) is 16.2 Å². The van der Waals surface area contributed by atoms with Gasteiger partial charge in [0.15, 0.2) is 5.11 Å². The number of fused-ring (bicyclic) bond motifs is 1. The van der Waals surface area contributed by atoms with Crippen molar-refractivity contribution in [1.82, 2.24) is 16.2 Å². The molecule has 0 aliphatic carbocycles. The van der Waals surface area contributed by atoms with Crippen LogP contribution in [0.1, 0.15) is 23.6 Å². The van der Waals surface area contributed by atoms with Gasteiger partial charge in [0.05, 0.1) is 19.3 Å². The van der Waals surface area contributed by atoms with Gasteiger partial charge < -0.3 is 14.5 Å². The molecule has 1 amide bonds. The fourth-order valence-corrected chi connectivity index (χ4v) is 2.67. The largest absolute Gasteiger partial charge is 0.464 e. The van der Waals surface area contributed by atoms with Crippen LogP contribution in [0.4, 0.5) is 0 Å². The molecule has 0 saturated heterocycles. The van der Waals surface area contributed by atoms with E-state index in [1.165, 1.54) is 0 Å². The van der Waals surface area contributed by atoms with Crippen LogP contribution in [-0.2, 0) is 16.0 Å². The number of methoxy groups -OCH3 is 1. The first-order valence-corrected chi connectivity index (χ1v) is 8.13. The van der Waals surface area contributed by atoms with Crippen molar-refractivity contribution in [2.45, 2.75) is 33.2 Å². The molecular weight excluding hydrogens is 326 g/mol. The van der Waals surface area contributed by atoms with Crippen LogP contribution in [0.25, 0.3) is 11.0 Å². The molecular formula is C17H23N3O3S. The monoisotopic (exact) mass is 349 g/mol. The van der Waals surface area contributed by atoms with Crippen molar-refractivity contribution < 1.29 is 13.9 Å². The average Bonchev–Trinajstić information content (AvgIpc) is 2.93. The third-order valence-electron chi connectivity index (χ3n) is 3.80. The first-order chi connectivity index (χ1) is 11.4. The standard InChI is InChI=1S/C17H23N3O3S/c1-10-5-6-14-13(9-23-16(14)12(10)3)7-15(21)19-20-17(24)18-11(2)8-22-4/h5-6,9,11H,7-8H2,1-4H3,(H,19,21)(H2,18,20,24)/t11-/m1/s1.